The predicted octanol–water partition coefficient (Wildman–Crippen LogP) is 4.28. The van der Waals surface area contributed by atoms with Gasteiger partial charge in [0, 0.05) is 24.1 Å². The lowest BCUT2D eigenvalue weighted by Crippen LogP contribution is -2.46. The molecule has 1 aliphatic carbocycles. The van der Waals surface area contributed by atoms with Gasteiger partial charge in [-0.15, -0.1) is 6.58 Å². The molecule has 3 nitrogen and oxygen atoms in total. The summed E-state index contributed by atoms with van der Waals surface area (Å²) in [5.41, 5.74) is 1.99. The van der Waals surface area contributed by atoms with Gasteiger partial charge in [0.1, 0.15) is 0 Å². The van der Waals surface area contributed by atoms with Crippen molar-refractivity contribution >= 4 is 5.91 Å². The number of likely N-dealkylation sites (tertiary alicyclic amines) is 1. The Labute approximate surface area is 147 Å². The molecule has 1 saturated carbocycles. The molecule has 0 aromatic rings. The molecule has 1 saturated heterocycles. The molecule has 0 spiro atoms. The number of nitrogens with one attached hydrogen (secondary N) is 1. The van der Waals surface area contributed by atoms with Crippen LogP contribution in [0.25, 0.3) is 0 Å². The van der Waals surface area contributed by atoms with Crippen molar-refractivity contribution in [3.8, 4) is 0 Å². The summed E-state index contributed by atoms with van der Waals surface area (Å²) in [6, 6.07) is 0.104. The summed E-state index contributed by atoms with van der Waals surface area (Å²) >= 11 is 0. The topological polar surface area (TPSA) is 32.3 Å². The van der Waals surface area contributed by atoms with Gasteiger partial charge in [0.25, 0.3) is 0 Å². The fourth-order valence-electron chi connectivity index (χ4n) is 4.22. The molecule has 3 heteroatoms. The average molecular weight is 331 g/mol. The zero-order chi connectivity index (χ0) is 18.1. The third kappa shape index (κ3) is 3.31. The summed E-state index contributed by atoms with van der Waals surface area (Å²) in [7, 11) is 0. The second-order valence-corrected chi connectivity index (χ2v) is 7.90. The molecule has 1 amide bonds. The number of nitrogens with zero attached hydrogens (tertiary/aromatic N) is 1. The normalized spacial score (nSPS) is 30.1. The van der Waals surface area contributed by atoms with Crippen molar-refractivity contribution < 1.29 is 4.79 Å². The molecule has 0 aromatic heterocycles. The monoisotopic (exact) mass is 330 g/mol. The third-order valence-corrected chi connectivity index (χ3v) is 5.94. The molecule has 134 valence electrons. The number of hydrogen-bond donors (Lipinski definition) is 1. The molecule has 1 heterocycles. The molecule has 2 fully saturated rings. The van der Waals surface area contributed by atoms with E-state index in [4.69, 9.17) is 0 Å². The maximum Gasteiger partial charge on any atom is 0.226 e. The molecular weight excluding hydrogens is 296 g/mol. The Bertz CT molecular complexity index is 536. The molecule has 1 N–H and O–H groups in total. The van der Waals surface area contributed by atoms with E-state index in [0.717, 1.165) is 43.5 Å². The van der Waals surface area contributed by atoms with Crippen LogP contribution in [-0.4, -0.2) is 28.9 Å². The zero-order valence-corrected chi connectivity index (χ0v) is 15.9. The third-order valence-electron chi connectivity index (χ3n) is 5.94. The van der Waals surface area contributed by atoms with E-state index < -0.39 is 0 Å². The summed E-state index contributed by atoms with van der Waals surface area (Å²) in [5.74, 6) is 1.19. The molecular formula is C21H34N2O. The Morgan fingerprint density at radius 3 is 2.54 bits per heavy atom. The fraction of sp³-hybridized carbons (Fsp3) is 0.667. The van der Waals surface area contributed by atoms with Crippen LogP contribution in [-0.2, 0) is 4.79 Å². The van der Waals surface area contributed by atoms with Crippen molar-refractivity contribution in [1.29, 1.82) is 0 Å². The smallest absolute Gasteiger partial charge is 0.226 e. The minimum absolute atomic E-state index is 0.0989. The second kappa shape index (κ2) is 7.16. The van der Waals surface area contributed by atoms with E-state index in [1.54, 1.807) is 0 Å². The summed E-state index contributed by atoms with van der Waals surface area (Å²) in [6.07, 6.45) is 5.97. The first kappa shape index (κ1) is 18.8. The van der Waals surface area contributed by atoms with Gasteiger partial charge in [0.15, 0.2) is 0 Å². The van der Waals surface area contributed by atoms with Crippen LogP contribution >= 0.6 is 0 Å². The van der Waals surface area contributed by atoms with E-state index in [1.807, 2.05) is 6.08 Å². The van der Waals surface area contributed by atoms with E-state index >= 15 is 0 Å². The lowest BCUT2D eigenvalue weighted by Gasteiger charge is -2.33. The summed E-state index contributed by atoms with van der Waals surface area (Å²) < 4.78 is 0. The number of hydrogen-bond acceptors (Lipinski definition) is 2. The van der Waals surface area contributed by atoms with Gasteiger partial charge in [-0.05, 0) is 38.5 Å². The largest absolute Gasteiger partial charge is 0.377 e. The van der Waals surface area contributed by atoms with Crippen LogP contribution in [0.4, 0.5) is 0 Å². The van der Waals surface area contributed by atoms with Gasteiger partial charge in [-0.2, -0.15) is 0 Å². The van der Waals surface area contributed by atoms with Gasteiger partial charge < -0.3 is 10.2 Å². The highest BCUT2D eigenvalue weighted by atomic mass is 16.2. The molecule has 0 bridgehead atoms. The SMILES string of the molecule is C=CC1CC1(NC(=C)C1CCCN1C(=O)C(CC)C(C)C)C(=C)C. The van der Waals surface area contributed by atoms with Crippen LogP contribution in [0.3, 0.4) is 0 Å². The highest BCUT2D eigenvalue weighted by Crippen LogP contribution is 2.50. The number of carbonyl (C=O) groups is 1. The van der Waals surface area contributed by atoms with Gasteiger partial charge in [-0.3, -0.25) is 4.79 Å². The van der Waals surface area contributed by atoms with E-state index in [0.29, 0.717) is 17.7 Å². The molecule has 1 aliphatic heterocycles. The Hall–Kier alpha value is -1.51. The van der Waals surface area contributed by atoms with Crippen LogP contribution in [0.15, 0.2) is 37.1 Å². The average Bonchev–Trinajstić information content (AvgIpc) is 3.02. The standard InChI is InChI=1S/C21H34N2O/c1-8-17-13-21(17,15(5)6)22-16(7)19-11-10-12-23(19)20(24)18(9-2)14(3)4/h8,14,17-19,22H,1,5,7,9-13H2,2-4,6H3. The quantitative estimate of drug-likeness (QED) is 0.674. The van der Waals surface area contributed by atoms with Gasteiger partial charge in [0.2, 0.25) is 5.91 Å². The van der Waals surface area contributed by atoms with Gasteiger partial charge in [-0.25, -0.2) is 0 Å². The number of rotatable bonds is 8. The molecule has 24 heavy (non-hydrogen) atoms. The Morgan fingerprint density at radius 1 is 1.42 bits per heavy atom. The van der Waals surface area contributed by atoms with Crippen molar-refractivity contribution in [3.63, 3.8) is 0 Å². The van der Waals surface area contributed by atoms with Crippen LogP contribution < -0.4 is 5.32 Å². The summed E-state index contributed by atoms with van der Waals surface area (Å²) in [4.78, 5) is 15.0. The molecule has 0 radical (unpaired) electrons. The first-order chi connectivity index (χ1) is 11.3. The summed E-state index contributed by atoms with van der Waals surface area (Å²) in [5, 5.41) is 3.62. The van der Waals surface area contributed by atoms with Gasteiger partial charge >= 0.3 is 0 Å². The second-order valence-electron chi connectivity index (χ2n) is 7.90. The molecule has 4 unspecified atom stereocenters. The van der Waals surface area contributed by atoms with Crippen LogP contribution in [0.1, 0.15) is 53.4 Å². The van der Waals surface area contributed by atoms with Crippen LogP contribution in [0.2, 0.25) is 0 Å². The van der Waals surface area contributed by atoms with E-state index in [1.165, 1.54) is 0 Å². The van der Waals surface area contributed by atoms with Crippen molar-refractivity contribution in [1.82, 2.24) is 10.2 Å². The Morgan fingerprint density at radius 2 is 2.08 bits per heavy atom. The lowest BCUT2D eigenvalue weighted by molar-refractivity contribution is -0.137. The fourth-order valence-corrected chi connectivity index (χ4v) is 4.22. The van der Waals surface area contributed by atoms with Crippen molar-refractivity contribution in [3.05, 3.63) is 37.1 Å². The first-order valence-electron chi connectivity index (χ1n) is 9.34. The van der Waals surface area contributed by atoms with Gasteiger partial charge in [-0.1, -0.05) is 45.6 Å². The molecule has 2 aliphatic rings. The number of carbonyl (C=O) groups excluding carboxylic acids is 1. The zero-order valence-electron chi connectivity index (χ0n) is 15.9. The first-order valence-corrected chi connectivity index (χ1v) is 9.34. The van der Waals surface area contributed by atoms with E-state index in [2.05, 4.69) is 57.6 Å². The van der Waals surface area contributed by atoms with Crippen molar-refractivity contribution in [2.45, 2.75) is 65.0 Å². The maximum absolute atomic E-state index is 13.0. The van der Waals surface area contributed by atoms with Crippen LogP contribution in [0.5, 0.6) is 0 Å². The highest BCUT2D eigenvalue weighted by Gasteiger charge is 2.54. The maximum atomic E-state index is 13.0. The van der Waals surface area contributed by atoms with E-state index in [-0.39, 0.29) is 17.5 Å². The molecule has 2 rings (SSSR count). The molecule has 0 aromatic carbocycles. The van der Waals surface area contributed by atoms with Crippen molar-refractivity contribution in [2.24, 2.45) is 17.8 Å². The Kier molecular flexibility index (Phi) is 5.62. The molecule has 4 atom stereocenters. The number of amides is 1. The van der Waals surface area contributed by atoms with Crippen LogP contribution in [0, 0.1) is 17.8 Å². The van der Waals surface area contributed by atoms with Gasteiger partial charge in [0.05, 0.1) is 11.6 Å². The predicted molar refractivity (Wildman–Crippen MR) is 101 cm³/mol. The Balaban J connectivity index is 2.10. The van der Waals surface area contributed by atoms with Crippen molar-refractivity contribution in [2.75, 3.05) is 6.54 Å². The van der Waals surface area contributed by atoms with E-state index in [9.17, 15) is 4.79 Å². The minimum atomic E-state index is -0.0989. The highest BCUT2D eigenvalue weighted by molar-refractivity contribution is 5.80. The summed E-state index contributed by atoms with van der Waals surface area (Å²) in [6.45, 7) is 21.7. The minimum Gasteiger partial charge on any atom is -0.377 e. The lowest BCUT2D eigenvalue weighted by atomic mass is 9.91.